The average molecular weight is 2230 g/mol. The molecule has 131 heavy (non-hydrogen) atoms. The number of carbonyl (C=O) groups is 2. The van der Waals surface area contributed by atoms with Crippen LogP contribution < -0.4 is 0 Å². The van der Waals surface area contributed by atoms with Gasteiger partial charge in [-0.05, 0) is 185 Å². The number of aromatic nitrogens is 7. The van der Waals surface area contributed by atoms with Gasteiger partial charge in [0, 0.05) is 95.7 Å². The Balaban J connectivity index is 0.000000154. The van der Waals surface area contributed by atoms with E-state index in [4.69, 9.17) is 10.2 Å². The normalized spacial score (nSPS) is 10.4. The van der Waals surface area contributed by atoms with Crippen LogP contribution in [0.1, 0.15) is 38.8 Å². The molecule has 11 nitrogen and oxygen atoms in total. The third-order valence-electron chi connectivity index (χ3n) is 19.8. The first kappa shape index (κ1) is 98.5. The van der Waals surface area contributed by atoms with E-state index in [1.807, 2.05) is 304 Å². The second-order valence-electron chi connectivity index (χ2n) is 29.4. The van der Waals surface area contributed by atoms with Gasteiger partial charge >= 0.3 is 20.1 Å². The molecule has 0 atom stereocenters. The monoisotopic (exact) mass is 2240 g/mol. The first-order chi connectivity index (χ1) is 62.7. The molecule has 0 bridgehead atoms. The summed E-state index contributed by atoms with van der Waals surface area (Å²) in [4.78, 5) is 51.2. The standard InChI is InChI=1S/2C16H12N.5C15H10N.2C5H8O2.3Ir/c2*1-12-6-8-14(9-7-12)16-15-5-3-2-4-13(15)10-11-17-16;5*1-2-7-13(8-3-1)15-14-9-5-4-6-12(14)10-11-16-15;2*1-4(6)3-5(2)7;;;/h2*2-8,10-11H,1H3;5*1-7,9-11H;2*3,6H,1-2H3;;;/q7*-1;;;;;+3. The maximum Gasteiger partial charge on any atom is 3.00 e. The number of aryl methyl sites for hydroxylation is 2. The molecular formula is C117H90Ir3N7O4-4. The molecule has 21 rings (SSSR count). The third-order valence-corrected chi connectivity index (χ3v) is 19.8. The minimum atomic E-state index is -0.125. The minimum absolute atomic E-state index is 0. The summed E-state index contributed by atoms with van der Waals surface area (Å²) < 4.78 is 0. The van der Waals surface area contributed by atoms with Crippen molar-refractivity contribution in [2.45, 2.75) is 41.5 Å². The first-order valence-corrected chi connectivity index (χ1v) is 41.6. The number of pyridine rings is 7. The molecule has 2 N–H and O–H groups in total. The molecule has 0 amide bonds. The Morgan fingerprint density at radius 1 is 0.229 bits per heavy atom. The SMILES string of the molecule is CC(=O)C=C(C)O.CC(=O)C=C(C)O.Cc1c[c-]c(-c2nccc3ccccc23)cc1.Cc1c[c-]c(-c2nccc3ccccc23)cc1.[Ir+3].[Ir].[Ir].[c-]1ccccc1-c1nccc2ccccc12.[c-]1ccccc1-c1nccc2ccccc12.[c-]1ccccc1-c1nccc2ccccc12.[c-]1ccccc1-c1nccc2ccccc12.[c-]1ccccc1-c1nccc2ccccc12. The smallest absolute Gasteiger partial charge is 0.512 e. The van der Waals surface area contributed by atoms with Gasteiger partial charge in [0.15, 0.2) is 11.6 Å². The molecule has 0 aliphatic heterocycles. The minimum Gasteiger partial charge on any atom is -0.512 e. The number of rotatable bonds is 9. The van der Waals surface area contributed by atoms with Crippen LogP contribution in [0.2, 0.25) is 0 Å². The molecule has 0 saturated carbocycles. The Hall–Kier alpha value is -14.7. The van der Waals surface area contributed by atoms with E-state index in [0.29, 0.717) is 0 Å². The maximum atomic E-state index is 10.0. The van der Waals surface area contributed by atoms with Crippen molar-refractivity contribution in [3.63, 3.8) is 0 Å². The molecule has 0 fully saturated rings. The summed E-state index contributed by atoms with van der Waals surface area (Å²) in [5, 5.41) is 33.4. The van der Waals surface area contributed by atoms with E-state index in [-0.39, 0.29) is 83.4 Å². The van der Waals surface area contributed by atoms with Gasteiger partial charge in [-0.3, -0.25) is 9.59 Å². The van der Waals surface area contributed by atoms with E-state index >= 15 is 0 Å². The fraction of sp³-hybridized carbons (Fsp3) is 0.0513. The average Bonchev–Trinajstić information content (AvgIpc) is 0.828. The zero-order valence-electron chi connectivity index (χ0n) is 72.8. The maximum absolute atomic E-state index is 10.0. The fourth-order valence-corrected chi connectivity index (χ4v) is 13.9. The first-order valence-electron chi connectivity index (χ1n) is 41.6. The molecule has 7 heterocycles. The van der Waals surface area contributed by atoms with Crippen molar-refractivity contribution in [1.82, 2.24) is 34.9 Å². The van der Waals surface area contributed by atoms with Gasteiger partial charge < -0.3 is 45.1 Å². The summed E-state index contributed by atoms with van der Waals surface area (Å²) in [5.74, 6) is -0.125. The molecular weight excluding hydrogens is 2140 g/mol. The number of nitrogens with zero attached hydrogens (tertiary/aromatic N) is 7. The molecule has 14 aromatic carbocycles. The predicted octanol–water partition coefficient (Wildman–Crippen LogP) is 28.6. The molecule has 2 radical (unpaired) electrons. The van der Waals surface area contributed by atoms with Crippen molar-refractivity contribution >= 4 is 87.0 Å². The van der Waals surface area contributed by atoms with Crippen LogP contribution >= 0.6 is 0 Å². The van der Waals surface area contributed by atoms with Gasteiger partial charge in [0.1, 0.15) is 0 Å². The Kier molecular flexibility index (Phi) is 38.6. The van der Waals surface area contributed by atoms with E-state index in [2.05, 4.69) is 200 Å². The molecule has 0 aliphatic carbocycles. The van der Waals surface area contributed by atoms with E-state index in [0.717, 1.165) is 78.8 Å². The Morgan fingerprint density at radius 2 is 0.397 bits per heavy atom. The Labute approximate surface area is 806 Å². The van der Waals surface area contributed by atoms with E-state index in [1.165, 1.54) is 126 Å². The summed E-state index contributed by atoms with van der Waals surface area (Å²) >= 11 is 0. The van der Waals surface area contributed by atoms with Crippen molar-refractivity contribution in [1.29, 1.82) is 0 Å². The molecule has 21 aromatic rings. The number of carbonyl (C=O) groups excluding carboxylic acids is 2. The Morgan fingerprint density at radius 3 is 0.534 bits per heavy atom. The van der Waals surface area contributed by atoms with Crippen molar-refractivity contribution < 1.29 is 80.1 Å². The van der Waals surface area contributed by atoms with Crippen LogP contribution in [0.25, 0.3) is 154 Å². The van der Waals surface area contributed by atoms with E-state index in [9.17, 15) is 9.59 Å². The van der Waals surface area contributed by atoms with Crippen LogP contribution in [0.4, 0.5) is 0 Å². The van der Waals surface area contributed by atoms with Gasteiger partial charge in [-0.15, -0.1) is 250 Å². The fourth-order valence-electron chi connectivity index (χ4n) is 13.9. The summed E-state index contributed by atoms with van der Waals surface area (Å²) in [6.07, 6.45) is 15.3. The number of hydrogen-bond acceptors (Lipinski definition) is 11. The van der Waals surface area contributed by atoms with Gasteiger partial charge in [-0.1, -0.05) is 184 Å². The van der Waals surface area contributed by atoms with Crippen LogP contribution in [0.5, 0.6) is 0 Å². The number of aliphatic hydroxyl groups excluding tert-OH is 2. The summed E-state index contributed by atoms with van der Waals surface area (Å²) in [6, 6.07) is 147. The molecule has 0 aliphatic rings. The van der Waals surface area contributed by atoms with Crippen molar-refractivity contribution in [2.24, 2.45) is 0 Å². The number of fused-ring (bicyclic) bond motifs is 7. The topological polar surface area (TPSA) is 165 Å². The van der Waals surface area contributed by atoms with Gasteiger partial charge in [0.05, 0.1) is 11.5 Å². The van der Waals surface area contributed by atoms with Crippen molar-refractivity contribution in [3.05, 3.63) is 491 Å². The zero-order chi connectivity index (χ0) is 89.0. The molecule has 0 unspecified atom stereocenters. The van der Waals surface area contributed by atoms with Crippen LogP contribution in [0, 0.1) is 56.3 Å². The quantitative estimate of drug-likeness (QED) is 0.0803. The second-order valence-corrected chi connectivity index (χ2v) is 29.4. The summed E-state index contributed by atoms with van der Waals surface area (Å²) in [6.45, 7) is 9.83. The molecule has 0 saturated heterocycles. The molecule has 648 valence electrons. The van der Waals surface area contributed by atoms with Crippen LogP contribution in [0.3, 0.4) is 0 Å². The number of hydrogen-bond donors (Lipinski definition) is 2. The molecule has 7 aromatic heterocycles. The second kappa shape index (κ2) is 51.3. The number of aliphatic hydroxyl groups is 2. The largest absolute Gasteiger partial charge is 3.00 e. The van der Waals surface area contributed by atoms with Gasteiger partial charge in [0.25, 0.3) is 0 Å². The Bertz CT molecular complexity index is 6400. The zero-order valence-corrected chi connectivity index (χ0v) is 79.9. The van der Waals surface area contributed by atoms with Gasteiger partial charge in [-0.25, -0.2) is 0 Å². The number of benzene rings is 14. The number of allylic oxidation sites excluding steroid dienone is 4. The summed E-state index contributed by atoms with van der Waals surface area (Å²) in [7, 11) is 0. The van der Waals surface area contributed by atoms with Crippen LogP contribution in [-0.4, -0.2) is 56.7 Å². The van der Waals surface area contributed by atoms with Crippen LogP contribution in [0.15, 0.2) is 437 Å². The van der Waals surface area contributed by atoms with E-state index < -0.39 is 0 Å². The molecule has 14 heteroatoms. The third kappa shape index (κ3) is 28.4. The van der Waals surface area contributed by atoms with E-state index in [1.54, 1.807) is 0 Å². The molecule has 0 spiro atoms. The van der Waals surface area contributed by atoms with Crippen molar-refractivity contribution in [3.8, 4) is 78.8 Å². The predicted molar refractivity (Wildman–Crippen MR) is 526 cm³/mol. The van der Waals surface area contributed by atoms with Gasteiger partial charge in [0.2, 0.25) is 0 Å². The summed E-state index contributed by atoms with van der Waals surface area (Å²) in [5.41, 5.74) is 16.7. The van der Waals surface area contributed by atoms with Crippen LogP contribution in [-0.2, 0) is 69.9 Å². The van der Waals surface area contributed by atoms with Crippen molar-refractivity contribution in [2.75, 3.05) is 0 Å². The van der Waals surface area contributed by atoms with Gasteiger partial charge in [-0.2, -0.15) is 0 Å². The number of ketones is 2.